The highest BCUT2D eigenvalue weighted by Crippen LogP contribution is 2.43. The van der Waals surface area contributed by atoms with Crippen LogP contribution in [0.4, 0.5) is 11.4 Å². The monoisotopic (exact) mass is 767 g/mol. The molecule has 290 valence electrons. The fourth-order valence-corrected chi connectivity index (χ4v) is 8.51. The summed E-state index contributed by atoms with van der Waals surface area (Å²) in [6, 6.07) is 41.6. The maximum absolute atomic E-state index is 14.7. The molecule has 8 nitrogen and oxygen atoms in total. The molecular weight excluding hydrogens is 715 g/mol. The Hall–Kier alpha value is -5.38. The van der Waals surface area contributed by atoms with Gasteiger partial charge in [-0.15, -0.1) is 0 Å². The summed E-state index contributed by atoms with van der Waals surface area (Å²) in [6.07, 6.45) is 2.23. The highest BCUT2D eigenvalue weighted by Gasteiger charge is 2.43. The van der Waals surface area contributed by atoms with Crippen LogP contribution in [-0.2, 0) is 28.0 Å². The minimum Gasteiger partial charge on any atom is -0.493 e. The lowest BCUT2D eigenvalue weighted by Gasteiger charge is -2.39. The molecule has 2 aliphatic heterocycles. The highest BCUT2D eigenvalue weighted by molar-refractivity contribution is 6.76. The van der Waals surface area contributed by atoms with E-state index in [9.17, 15) is 9.59 Å². The third-order valence-electron chi connectivity index (χ3n) is 10.9. The number of rotatable bonds is 15. The van der Waals surface area contributed by atoms with Crippen molar-refractivity contribution in [3.8, 4) is 11.5 Å². The summed E-state index contributed by atoms with van der Waals surface area (Å²) in [5.74, 6) is 0.572. The van der Waals surface area contributed by atoms with Crippen LogP contribution in [0.1, 0.15) is 57.9 Å². The van der Waals surface area contributed by atoms with Crippen molar-refractivity contribution in [2.24, 2.45) is 0 Å². The first kappa shape index (κ1) is 38.9. The number of nitrogens with zero attached hydrogens (tertiary/aromatic N) is 2. The number of unbranched alkanes of at least 4 members (excludes halogenated alkanes) is 1. The van der Waals surface area contributed by atoms with Crippen LogP contribution in [0.3, 0.4) is 0 Å². The molecule has 56 heavy (non-hydrogen) atoms. The number of benzene rings is 5. The smallest absolute Gasteiger partial charge is 0.257 e. The van der Waals surface area contributed by atoms with Crippen LogP contribution in [0.5, 0.6) is 11.5 Å². The maximum atomic E-state index is 14.7. The van der Waals surface area contributed by atoms with Crippen LogP contribution >= 0.6 is 0 Å². The zero-order valence-electron chi connectivity index (χ0n) is 33.2. The number of ether oxygens (including phenoxy) is 3. The van der Waals surface area contributed by atoms with Crippen LogP contribution in [0, 0.1) is 0 Å². The van der Waals surface area contributed by atoms with Gasteiger partial charge in [-0.3, -0.25) is 14.5 Å². The summed E-state index contributed by atoms with van der Waals surface area (Å²) in [6.45, 7) is 10.4. The van der Waals surface area contributed by atoms with Crippen LogP contribution < -0.4 is 19.7 Å². The van der Waals surface area contributed by atoms with E-state index in [1.807, 2.05) is 18.2 Å². The normalized spacial score (nSPS) is 15.4. The molecule has 0 spiro atoms. The average molecular weight is 768 g/mol. The predicted molar refractivity (Wildman–Crippen MR) is 226 cm³/mol. The first-order valence-corrected chi connectivity index (χ1v) is 23.4. The number of hydrogen-bond acceptors (Lipinski definition) is 6. The van der Waals surface area contributed by atoms with Gasteiger partial charge in [0.15, 0.2) is 11.5 Å². The molecule has 5 aromatic carbocycles. The SMILES string of the molecule is CCCCOc1cc2c(cc1OC)C(=O)N1Cc3cc(NC(c4ccccc4)(c4ccccc4)c4ccccc4)ccc3C[C@H]1C(=O)N2COCC[Si](C)(C)C. The van der Waals surface area contributed by atoms with Crippen molar-refractivity contribution in [3.63, 3.8) is 0 Å². The molecule has 5 aromatic rings. The van der Waals surface area contributed by atoms with Crippen molar-refractivity contribution in [1.29, 1.82) is 0 Å². The van der Waals surface area contributed by atoms with Crippen molar-refractivity contribution in [3.05, 3.63) is 155 Å². The zero-order valence-corrected chi connectivity index (χ0v) is 34.2. The van der Waals surface area contributed by atoms with E-state index < -0.39 is 19.7 Å². The number of hydrogen-bond donors (Lipinski definition) is 1. The molecule has 0 saturated carbocycles. The second kappa shape index (κ2) is 16.8. The maximum Gasteiger partial charge on any atom is 0.257 e. The number of fused-ring (bicyclic) bond motifs is 3. The van der Waals surface area contributed by atoms with Gasteiger partial charge >= 0.3 is 0 Å². The number of nitrogens with one attached hydrogen (secondary N) is 1. The summed E-state index contributed by atoms with van der Waals surface area (Å²) in [4.78, 5) is 32.8. The van der Waals surface area contributed by atoms with Crippen molar-refractivity contribution in [2.45, 2.75) is 70.0 Å². The van der Waals surface area contributed by atoms with Gasteiger partial charge in [-0.1, -0.05) is 130 Å². The Balaban J connectivity index is 1.27. The molecule has 0 aromatic heterocycles. The van der Waals surface area contributed by atoms with E-state index in [0.717, 1.165) is 52.4 Å². The fourth-order valence-electron chi connectivity index (χ4n) is 7.76. The lowest BCUT2D eigenvalue weighted by molar-refractivity contribution is -0.124. The lowest BCUT2D eigenvalue weighted by atomic mass is 9.76. The van der Waals surface area contributed by atoms with Gasteiger partial charge in [-0.25, -0.2) is 0 Å². The Labute approximate surface area is 332 Å². The minimum atomic E-state index is -1.37. The van der Waals surface area contributed by atoms with Crippen molar-refractivity contribution < 1.29 is 23.8 Å². The van der Waals surface area contributed by atoms with Gasteiger partial charge in [0, 0.05) is 39.4 Å². The van der Waals surface area contributed by atoms with Gasteiger partial charge in [0.05, 0.1) is 25.0 Å². The lowest BCUT2D eigenvalue weighted by Crippen LogP contribution is -2.52. The summed E-state index contributed by atoms with van der Waals surface area (Å²) < 4.78 is 18.1. The number of methoxy groups -OCH3 is 1. The van der Waals surface area contributed by atoms with Crippen LogP contribution in [0.15, 0.2) is 121 Å². The Morgan fingerprint density at radius 3 is 1.96 bits per heavy atom. The Morgan fingerprint density at radius 2 is 1.39 bits per heavy atom. The molecule has 2 heterocycles. The number of anilines is 2. The molecule has 0 aliphatic carbocycles. The van der Waals surface area contributed by atoms with Crippen LogP contribution in [0.2, 0.25) is 25.7 Å². The predicted octanol–water partition coefficient (Wildman–Crippen LogP) is 9.50. The molecule has 7 rings (SSSR count). The third-order valence-corrected chi connectivity index (χ3v) is 12.6. The molecule has 0 unspecified atom stereocenters. The zero-order chi connectivity index (χ0) is 39.3. The van der Waals surface area contributed by atoms with E-state index in [1.165, 1.54) is 0 Å². The molecule has 0 radical (unpaired) electrons. The van der Waals surface area contributed by atoms with Crippen LogP contribution in [0.25, 0.3) is 0 Å². The third kappa shape index (κ3) is 7.97. The van der Waals surface area contributed by atoms with E-state index in [0.29, 0.717) is 42.4 Å². The van der Waals surface area contributed by atoms with Gasteiger partial charge in [0.2, 0.25) is 0 Å². The second-order valence-corrected chi connectivity index (χ2v) is 21.6. The first-order chi connectivity index (χ1) is 27.1. The molecule has 1 N–H and O–H groups in total. The van der Waals surface area contributed by atoms with E-state index in [4.69, 9.17) is 14.2 Å². The molecule has 0 fully saturated rings. The molecule has 2 amide bonds. The highest BCUT2D eigenvalue weighted by atomic mass is 28.3. The Morgan fingerprint density at radius 1 is 0.768 bits per heavy atom. The largest absolute Gasteiger partial charge is 0.493 e. The molecule has 9 heteroatoms. The van der Waals surface area contributed by atoms with Gasteiger partial charge < -0.3 is 24.4 Å². The number of amides is 2. The van der Waals surface area contributed by atoms with Crippen molar-refractivity contribution in [1.82, 2.24) is 4.90 Å². The van der Waals surface area contributed by atoms with Gasteiger partial charge in [-0.2, -0.15) is 0 Å². The van der Waals surface area contributed by atoms with Gasteiger partial charge in [0.25, 0.3) is 11.8 Å². The summed E-state index contributed by atoms with van der Waals surface area (Å²) in [5.41, 5.74) is 6.38. The molecule has 0 saturated heterocycles. The summed E-state index contributed by atoms with van der Waals surface area (Å²) in [7, 11) is 0.204. The first-order valence-electron chi connectivity index (χ1n) is 19.7. The van der Waals surface area contributed by atoms with E-state index >= 15 is 0 Å². The second-order valence-electron chi connectivity index (χ2n) is 15.9. The minimum absolute atomic E-state index is 0.0465. The summed E-state index contributed by atoms with van der Waals surface area (Å²) >= 11 is 0. The molecule has 1 atom stereocenters. The van der Waals surface area contributed by atoms with Gasteiger partial charge in [0.1, 0.15) is 18.3 Å². The van der Waals surface area contributed by atoms with E-state index in [-0.39, 0.29) is 25.1 Å². The van der Waals surface area contributed by atoms with E-state index in [1.54, 1.807) is 29.0 Å². The topological polar surface area (TPSA) is 80.3 Å². The molecule has 0 bridgehead atoms. The standard InChI is InChI=1S/C47H53N3O5Si/c1-6-7-25-55-44-31-41-40(30-43(44)53-2)45(51)49-32-35-28-39(24-23-34(35)29-42(49)46(52)50(41)33-54-26-27-56(3,4)5)48-47(36-17-11-8-12-18-36,37-19-13-9-14-20-37)38-21-15-10-16-22-38/h8-24,28,30-31,42,48H,6-7,25-27,29,32-33H2,1-5H3/t42-/m0/s1. The Kier molecular flexibility index (Phi) is 11.6. The van der Waals surface area contributed by atoms with E-state index in [2.05, 4.69) is 123 Å². The summed E-state index contributed by atoms with van der Waals surface area (Å²) in [5, 5.41) is 3.98. The molecular formula is C47H53N3O5Si. The number of carbonyl (C=O) groups excluding carboxylic acids is 2. The average Bonchev–Trinajstić information content (AvgIpc) is 3.29. The fraction of sp³-hybridized carbons (Fsp3) is 0.319. The van der Waals surface area contributed by atoms with Crippen molar-refractivity contribution >= 4 is 31.3 Å². The Bertz CT molecular complexity index is 2040. The van der Waals surface area contributed by atoms with Gasteiger partial charge in [-0.05, 0) is 58.5 Å². The van der Waals surface area contributed by atoms with Crippen LogP contribution in [-0.4, -0.2) is 57.9 Å². The van der Waals surface area contributed by atoms with Crippen molar-refractivity contribution in [2.75, 3.05) is 37.3 Å². The molecule has 2 aliphatic rings. The quantitative estimate of drug-likeness (QED) is 0.0650. The number of carbonyl (C=O) groups is 2.